The van der Waals surface area contributed by atoms with E-state index >= 15 is 0 Å². The molecule has 1 aromatic rings. The second-order valence-electron chi connectivity index (χ2n) is 7.71. The molecule has 9 N–H and O–H groups in total. The molecule has 2 saturated heterocycles. The molecule has 0 radical (unpaired) electrons. The summed E-state index contributed by atoms with van der Waals surface area (Å²) in [4.78, 5) is 10.1. The third-order valence-electron chi connectivity index (χ3n) is 5.44. The van der Waals surface area contributed by atoms with E-state index in [1.165, 1.54) is 24.3 Å². The van der Waals surface area contributed by atoms with Crippen LogP contribution in [0.5, 0.6) is 0 Å². The molecule has 10 atom stereocenters. The Morgan fingerprint density at radius 2 is 1.15 bits per heavy atom. The largest absolute Gasteiger partial charge is 0.394 e. The number of nitro benzene ring substituents is 1. The van der Waals surface area contributed by atoms with Gasteiger partial charge in [-0.05, 0) is 5.56 Å². The van der Waals surface area contributed by atoms with Gasteiger partial charge in [0.15, 0.2) is 6.29 Å². The third kappa shape index (κ3) is 6.62. The molecule has 0 aromatic heterocycles. The van der Waals surface area contributed by atoms with E-state index in [1.54, 1.807) is 0 Å². The number of non-ortho nitro benzene ring substituents is 1. The maximum atomic E-state index is 10.6. The zero-order valence-corrected chi connectivity index (χ0v) is 17.3. The summed E-state index contributed by atoms with van der Waals surface area (Å²) in [5, 5.41) is 93.6. The molecule has 0 saturated carbocycles. The average Bonchev–Trinajstić information content (AvgIpc) is 2.81. The van der Waals surface area contributed by atoms with Gasteiger partial charge in [-0.25, -0.2) is 0 Å². The van der Waals surface area contributed by atoms with Crippen LogP contribution in [0.2, 0.25) is 0 Å². The Morgan fingerprint density at radius 1 is 0.697 bits per heavy atom. The smallest absolute Gasteiger partial charge is 0.269 e. The summed E-state index contributed by atoms with van der Waals surface area (Å²) >= 11 is 0. The molecule has 0 amide bonds. The second kappa shape index (κ2) is 12.0. The Hall–Kier alpha value is -1.82. The highest BCUT2D eigenvalue weighted by Crippen LogP contribution is 2.24. The molecule has 188 valence electrons. The molecule has 14 heteroatoms. The van der Waals surface area contributed by atoms with Gasteiger partial charge in [-0.1, -0.05) is 12.1 Å². The lowest BCUT2D eigenvalue weighted by Gasteiger charge is -2.40. The molecular formula is C19H29NO13. The van der Waals surface area contributed by atoms with Crippen LogP contribution < -0.4 is 0 Å². The molecule has 0 spiro atoms. The predicted octanol–water partition coefficient (Wildman–Crippen LogP) is -4.24. The molecular weight excluding hydrogens is 450 g/mol. The first kappa shape index (κ1) is 27.4. The van der Waals surface area contributed by atoms with Gasteiger partial charge >= 0.3 is 0 Å². The Bertz CT molecular complexity index is 743. The number of hydrogen-bond donors (Lipinski definition) is 9. The third-order valence-corrected chi connectivity index (χ3v) is 5.44. The second-order valence-corrected chi connectivity index (χ2v) is 7.71. The number of ether oxygens (including phenoxy) is 2. The fraction of sp³-hybridized carbons (Fsp3) is 0.684. The van der Waals surface area contributed by atoms with Crippen LogP contribution in [0, 0.1) is 10.1 Å². The highest BCUT2D eigenvalue weighted by molar-refractivity contribution is 5.33. The van der Waals surface area contributed by atoms with Crippen LogP contribution in [-0.2, 0) is 15.9 Å². The standard InChI is InChI=1S/C13H17NO7.C6H12O6/c15-6-10-12(17)13(18)11(16)9(21-10)5-7-1-3-8(4-2-7)14(19)20;7-1-2-3(8)4(9)5(10)6(11)12-2/h1-4,9-13,15-18H,5-6H2;2-11H,1H2/t9-,10?,11?,12+,13+;2?,3-,4+,5?,6?/m01/s1. The van der Waals surface area contributed by atoms with E-state index in [2.05, 4.69) is 4.74 Å². The van der Waals surface area contributed by atoms with E-state index in [1.807, 2.05) is 0 Å². The first-order chi connectivity index (χ1) is 15.5. The summed E-state index contributed by atoms with van der Waals surface area (Å²) < 4.78 is 9.94. The van der Waals surface area contributed by atoms with Crippen molar-refractivity contribution in [2.45, 2.75) is 67.6 Å². The van der Waals surface area contributed by atoms with Crippen molar-refractivity contribution in [1.82, 2.24) is 0 Å². The van der Waals surface area contributed by atoms with E-state index in [0.29, 0.717) is 5.56 Å². The molecule has 5 unspecified atom stereocenters. The SMILES string of the molecule is O=[N+]([O-])c1ccc(C[C@@H]2OC(CO)[C@@H](O)[C@H](O)C2O)cc1.OCC1OC(O)C(O)[C@@H](O)[C@@H]1O. The van der Waals surface area contributed by atoms with Gasteiger partial charge in [0, 0.05) is 18.6 Å². The predicted molar refractivity (Wildman–Crippen MR) is 107 cm³/mol. The van der Waals surface area contributed by atoms with Crippen molar-refractivity contribution in [2.75, 3.05) is 13.2 Å². The lowest BCUT2D eigenvalue weighted by molar-refractivity contribution is -0.384. The van der Waals surface area contributed by atoms with Crippen LogP contribution in [0.3, 0.4) is 0 Å². The fourth-order valence-corrected chi connectivity index (χ4v) is 3.42. The van der Waals surface area contributed by atoms with Crippen LogP contribution in [0.1, 0.15) is 5.56 Å². The number of rotatable bonds is 5. The van der Waals surface area contributed by atoms with Gasteiger partial charge in [-0.3, -0.25) is 10.1 Å². The van der Waals surface area contributed by atoms with E-state index < -0.39 is 79.4 Å². The van der Waals surface area contributed by atoms with E-state index in [-0.39, 0.29) is 12.1 Å². The average molecular weight is 479 g/mol. The van der Waals surface area contributed by atoms with E-state index in [9.17, 15) is 25.4 Å². The van der Waals surface area contributed by atoms with E-state index in [4.69, 9.17) is 35.4 Å². The maximum Gasteiger partial charge on any atom is 0.269 e. The Balaban J connectivity index is 0.000000273. The molecule has 1 aromatic carbocycles. The summed E-state index contributed by atoms with van der Waals surface area (Å²) in [6.45, 7) is -1.01. The van der Waals surface area contributed by atoms with Crippen LogP contribution >= 0.6 is 0 Å². The van der Waals surface area contributed by atoms with E-state index in [0.717, 1.165) is 0 Å². The molecule has 2 aliphatic rings. The van der Waals surface area contributed by atoms with Crippen LogP contribution in [0.25, 0.3) is 0 Å². The van der Waals surface area contributed by atoms with Gasteiger partial charge in [0.2, 0.25) is 0 Å². The zero-order chi connectivity index (χ0) is 24.9. The molecule has 2 fully saturated rings. The lowest BCUT2D eigenvalue weighted by Crippen LogP contribution is -2.58. The first-order valence-corrected chi connectivity index (χ1v) is 10.0. The molecule has 14 nitrogen and oxygen atoms in total. The quantitative estimate of drug-likeness (QED) is 0.144. The van der Waals surface area contributed by atoms with Gasteiger partial charge in [0.25, 0.3) is 5.69 Å². The Labute approximate surface area is 187 Å². The van der Waals surface area contributed by atoms with Crippen molar-refractivity contribution < 1.29 is 60.4 Å². The summed E-state index contributed by atoms with van der Waals surface area (Å²) in [5.41, 5.74) is 0.623. The number of aliphatic hydroxyl groups is 9. The van der Waals surface area contributed by atoms with Crippen LogP contribution in [0.4, 0.5) is 5.69 Å². The van der Waals surface area contributed by atoms with Gasteiger partial charge in [-0.15, -0.1) is 0 Å². The molecule has 2 aliphatic heterocycles. The zero-order valence-electron chi connectivity index (χ0n) is 17.3. The summed E-state index contributed by atoms with van der Waals surface area (Å²) in [6.07, 6.45) is -12.7. The van der Waals surface area contributed by atoms with Gasteiger partial charge < -0.3 is 55.4 Å². The summed E-state index contributed by atoms with van der Waals surface area (Å²) in [6, 6.07) is 5.72. The van der Waals surface area contributed by atoms with Crippen molar-refractivity contribution in [3.05, 3.63) is 39.9 Å². The van der Waals surface area contributed by atoms with Gasteiger partial charge in [0.05, 0.1) is 24.2 Å². The summed E-state index contributed by atoms with van der Waals surface area (Å²) in [7, 11) is 0. The highest BCUT2D eigenvalue weighted by atomic mass is 16.6. The van der Waals surface area contributed by atoms with Crippen molar-refractivity contribution in [3.63, 3.8) is 0 Å². The normalized spacial score (nSPS) is 38.8. The molecule has 33 heavy (non-hydrogen) atoms. The van der Waals surface area contributed by atoms with Crippen molar-refractivity contribution in [3.8, 4) is 0 Å². The number of aliphatic hydroxyl groups excluding tert-OH is 9. The monoisotopic (exact) mass is 479 g/mol. The Morgan fingerprint density at radius 3 is 1.64 bits per heavy atom. The topological polar surface area (TPSA) is 244 Å². The lowest BCUT2D eigenvalue weighted by atomic mass is 9.91. The highest BCUT2D eigenvalue weighted by Gasteiger charge is 2.43. The van der Waals surface area contributed by atoms with Crippen molar-refractivity contribution >= 4 is 5.69 Å². The number of nitrogens with zero attached hydrogens (tertiary/aromatic N) is 1. The molecule has 3 rings (SSSR count). The molecule has 0 bridgehead atoms. The van der Waals surface area contributed by atoms with Crippen LogP contribution in [0.15, 0.2) is 24.3 Å². The van der Waals surface area contributed by atoms with Gasteiger partial charge in [-0.2, -0.15) is 0 Å². The number of benzene rings is 1. The minimum absolute atomic E-state index is 0.0486. The van der Waals surface area contributed by atoms with Crippen molar-refractivity contribution in [2.24, 2.45) is 0 Å². The minimum Gasteiger partial charge on any atom is -0.394 e. The number of hydrogen-bond acceptors (Lipinski definition) is 13. The molecule has 0 aliphatic carbocycles. The fourth-order valence-electron chi connectivity index (χ4n) is 3.42. The number of nitro groups is 1. The van der Waals surface area contributed by atoms with Crippen molar-refractivity contribution in [1.29, 1.82) is 0 Å². The van der Waals surface area contributed by atoms with Crippen LogP contribution in [-0.4, -0.2) is 125 Å². The molecule has 2 heterocycles. The minimum atomic E-state index is -1.57. The van der Waals surface area contributed by atoms with Gasteiger partial charge in [0.1, 0.15) is 48.8 Å². The Kier molecular flexibility index (Phi) is 10.0. The summed E-state index contributed by atoms with van der Waals surface area (Å²) in [5.74, 6) is 0. The maximum absolute atomic E-state index is 10.6. The first-order valence-electron chi connectivity index (χ1n) is 10.0.